The Labute approximate surface area is 212 Å². The van der Waals surface area contributed by atoms with Gasteiger partial charge in [0, 0.05) is 35.4 Å². The molecule has 0 fully saturated rings. The number of allylic oxidation sites excluding steroid dienone is 2. The highest BCUT2D eigenvalue weighted by molar-refractivity contribution is 5.99. The van der Waals surface area contributed by atoms with Crippen LogP contribution in [0.3, 0.4) is 0 Å². The molecule has 1 aliphatic carbocycles. The first-order valence-corrected chi connectivity index (χ1v) is 12.1. The molecule has 0 spiro atoms. The second-order valence-corrected chi connectivity index (χ2v) is 9.05. The van der Waals surface area contributed by atoms with Crippen molar-refractivity contribution in [1.29, 1.82) is 0 Å². The highest BCUT2D eigenvalue weighted by atomic mass is 16.6. The Balaban J connectivity index is 1.34. The minimum Gasteiger partial charge on any atom is -0.489 e. The molecule has 0 radical (unpaired) electrons. The van der Waals surface area contributed by atoms with E-state index in [1.54, 1.807) is 16.8 Å². The quantitative estimate of drug-likeness (QED) is 0.281. The Morgan fingerprint density at radius 3 is 2.49 bits per heavy atom. The number of nitrogens with zero attached hydrogens (tertiary/aromatic N) is 4. The molecular formula is C28H23N5O4. The lowest BCUT2D eigenvalue weighted by Gasteiger charge is -2.32. The fraction of sp³-hybridized carbons (Fsp3) is 0.179. The van der Waals surface area contributed by atoms with E-state index in [4.69, 9.17) is 9.84 Å². The summed E-state index contributed by atoms with van der Waals surface area (Å²) in [6.07, 6.45) is 2.04. The number of aromatic nitrogens is 3. The Morgan fingerprint density at radius 1 is 1.00 bits per heavy atom. The van der Waals surface area contributed by atoms with Crippen LogP contribution in [0.5, 0.6) is 5.75 Å². The van der Waals surface area contributed by atoms with Gasteiger partial charge < -0.3 is 10.1 Å². The van der Waals surface area contributed by atoms with Crippen LogP contribution >= 0.6 is 0 Å². The molecule has 2 aliphatic rings. The summed E-state index contributed by atoms with van der Waals surface area (Å²) in [6, 6.07) is 23.4. The lowest BCUT2D eigenvalue weighted by Crippen LogP contribution is -2.31. The SMILES string of the molecule is O=C1CCCC2=C1C(c1ccc(OCc3ccccc3)cc1)n1nc(-c3ccc([N+](=O)[O-])cc3)nc1N2. The van der Waals surface area contributed by atoms with E-state index in [0.717, 1.165) is 35.4 Å². The molecule has 1 N–H and O–H groups in total. The first-order valence-electron chi connectivity index (χ1n) is 12.1. The molecule has 184 valence electrons. The van der Waals surface area contributed by atoms with Crippen molar-refractivity contribution in [2.45, 2.75) is 31.9 Å². The van der Waals surface area contributed by atoms with Crippen LogP contribution in [0, 0.1) is 10.1 Å². The number of nitro benzene ring substituents is 1. The number of nitro groups is 1. The zero-order valence-corrected chi connectivity index (χ0v) is 19.8. The maximum atomic E-state index is 13.1. The number of nitrogens with one attached hydrogen (secondary N) is 1. The predicted molar refractivity (Wildman–Crippen MR) is 137 cm³/mol. The summed E-state index contributed by atoms with van der Waals surface area (Å²) in [5, 5.41) is 19.1. The minimum atomic E-state index is -0.441. The lowest BCUT2D eigenvalue weighted by atomic mass is 9.85. The predicted octanol–water partition coefficient (Wildman–Crippen LogP) is 5.45. The van der Waals surface area contributed by atoms with E-state index in [9.17, 15) is 14.9 Å². The van der Waals surface area contributed by atoms with Gasteiger partial charge in [-0.2, -0.15) is 4.98 Å². The molecule has 1 atom stereocenters. The van der Waals surface area contributed by atoms with Gasteiger partial charge in [0.2, 0.25) is 5.95 Å². The highest BCUT2D eigenvalue weighted by Crippen LogP contribution is 2.41. The van der Waals surface area contributed by atoms with Crippen LogP contribution in [-0.4, -0.2) is 25.5 Å². The minimum absolute atomic E-state index is 0.000949. The van der Waals surface area contributed by atoms with E-state index in [1.807, 2.05) is 54.6 Å². The third-order valence-electron chi connectivity index (χ3n) is 6.65. The van der Waals surface area contributed by atoms with Gasteiger partial charge in [0.05, 0.1) is 4.92 Å². The second kappa shape index (κ2) is 9.34. The summed E-state index contributed by atoms with van der Waals surface area (Å²) < 4.78 is 7.68. The van der Waals surface area contributed by atoms with Crippen LogP contribution in [0.1, 0.15) is 36.4 Å². The van der Waals surface area contributed by atoms with Gasteiger partial charge in [0.1, 0.15) is 18.4 Å². The van der Waals surface area contributed by atoms with E-state index in [0.29, 0.717) is 35.9 Å². The lowest BCUT2D eigenvalue weighted by molar-refractivity contribution is -0.384. The molecule has 1 aliphatic heterocycles. The molecule has 6 rings (SSSR count). The molecule has 0 bridgehead atoms. The van der Waals surface area contributed by atoms with E-state index in [1.165, 1.54) is 12.1 Å². The Hall–Kier alpha value is -4.79. The van der Waals surface area contributed by atoms with Gasteiger partial charge >= 0.3 is 0 Å². The molecule has 0 saturated heterocycles. The summed E-state index contributed by atoms with van der Waals surface area (Å²) in [5.41, 5.74) is 4.22. The molecule has 0 amide bonds. The van der Waals surface area contributed by atoms with Gasteiger partial charge in [0.15, 0.2) is 11.6 Å². The van der Waals surface area contributed by atoms with Crippen molar-refractivity contribution in [3.63, 3.8) is 0 Å². The average molecular weight is 494 g/mol. The van der Waals surface area contributed by atoms with E-state index < -0.39 is 11.0 Å². The van der Waals surface area contributed by atoms with Crippen LogP contribution in [0.15, 0.2) is 90.1 Å². The van der Waals surface area contributed by atoms with Crippen molar-refractivity contribution in [2.75, 3.05) is 5.32 Å². The van der Waals surface area contributed by atoms with Crippen LogP contribution in [0.4, 0.5) is 11.6 Å². The monoisotopic (exact) mass is 493 g/mol. The van der Waals surface area contributed by atoms with Gasteiger partial charge in [-0.25, -0.2) is 4.68 Å². The van der Waals surface area contributed by atoms with Crippen molar-refractivity contribution in [3.05, 3.63) is 111 Å². The number of rotatable bonds is 6. The fourth-order valence-corrected chi connectivity index (χ4v) is 4.81. The number of carbonyl (C=O) groups excluding carboxylic acids is 1. The first-order chi connectivity index (χ1) is 18.1. The van der Waals surface area contributed by atoms with Gasteiger partial charge in [0.25, 0.3) is 5.69 Å². The largest absolute Gasteiger partial charge is 0.489 e. The zero-order valence-electron chi connectivity index (χ0n) is 19.8. The van der Waals surface area contributed by atoms with Crippen LogP contribution in [0.2, 0.25) is 0 Å². The molecule has 1 aromatic heterocycles. The number of ketones is 1. The Bertz CT molecular complexity index is 1510. The van der Waals surface area contributed by atoms with Crippen molar-refractivity contribution < 1.29 is 14.5 Å². The molecule has 0 saturated carbocycles. The summed E-state index contributed by atoms with van der Waals surface area (Å²) >= 11 is 0. The van der Waals surface area contributed by atoms with Crippen LogP contribution < -0.4 is 10.1 Å². The molecule has 2 heterocycles. The first kappa shape index (κ1) is 22.7. The number of ether oxygens (including phenoxy) is 1. The molecule has 3 aromatic carbocycles. The van der Waals surface area contributed by atoms with Crippen molar-refractivity contribution in [1.82, 2.24) is 14.8 Å². The normalized spacial score (nSPS) is 16.5. The summed E-state index contributed by atoms with van der Waals surface area (Å²) in [7, 11) is 0. The number of carbonyl (C=O) groups is 1. The number of Topliss-reactive ketones (excluding diaryl/α,β-unsaturated/α-hetero) is 1. The third-order valence-corrected chi connectivity index (χ3v) is 6.65. The van der Waals surface area contributed by atoms with Crippen LogP contribution in [-0.2, 0) is 11.4 Å². The summed E-state index contributed by atoms with van der Waals surface area (Å²) in [5.74, 6) is 1.80. The van der Waals surface area contributed by atoms with Crippen molar-refractivity contribution in [2.24, 2.45) is 0 Å². The number of hydrogen-bond donors (Lipinski definition) is 1. The molecule has 9 nitrogen and oxygen atoms in total. The number of benzene rings is 3. The maximum absolute atomic E-state index is 13.1. The van der Waals surface area contributed by atoms with Gasteiger partial charge in [-0.15, -0.1) is 5.10 Å². The molecule has 1 unspecified atom stereocenters. The maximum Gasteiger partial charge on any atom is 0.269 e. The summed E-state index contributed by atoms with van der Waals surface area (Å²) in [4.78, 5) is 28.3. The fourth-order valence-electron chi connectivity index (χ4n) is 4.81. The van der Waals surface area contributed by atoms with Gasteiger partial charge in [-0.1, -0.05) is 42.5 Å². The van der Waals surface area contributed by atoms with Gasteiger partial charge in [-0.05, 0) is 48.2 Å². The number of non-ortho nitro benzene ring substituents is 1. The molecule has 4 aromatic rings. The van der Waals surface area contributed by atoms with Crippen molar-refractivity contribution in [3.8, 4) is 17.1 Å². The molecule has 37 heavy (non-hydrogen) atoms. The van der Waals surface area contributed by atoms with Gasteiger partial charge in [-0.3, -0.25) is 14.9 Å². The topological polar surface area (TPSA) is 112 Å². The number of anilines is 1. The Morgan fingerprint density at radius 2 is 1.76 bits per heavy atom. The smallest absolute Gasteiger partial charge is 0.269 e. The number of hydrogen-bond acceptors (Lipinski definition) is 7. The number of fused-ring (bicyclic) bond motifs is 1. The zero-order chi connectivity index (χ0) is 25.4. The van der Waals surface area contributed by atoms with E-state index in [-0.39, 0.29) is 11.5 Å². The highest BCUT2D eigenvalue weighted by Gasteiger charge is 2.37. The van der Waals surface area contributed by atoms with E-state index >= 15 is 0 Å². The molecule has 9 heteroatoms. The average Bonchev–Trinajstić information content (AvgIpc) is 3.36. The second-order valence-electron chi connectivity index (χ2n) is 9.05. The van der Waals surface area contributed by atoms with Crippen molar-refractivity contribution >= 4 is 17.4 Å². The Kier molecular flexibility index (Phi) is 5.72. The van der Waals surface area contributed by atoms with Crippen LogP contribution in [0.25, 0.3) is 11.4 Å². The summed E-state index contributed by atoms with van der Waals surface area (Å²) in [6.45, 7) is 0.465. The molecular weight excluding hydrogens is 470 g/mol. The standard InChI is InChI=1S/C28H23N5O4/c34-24-8-4-7-23-25(24)26(19-11-15-22(16-12-19)37-17-18-5-2-1-3-6-18)32-28(29-23)30-27(31-32)20-9-13-21(14-10-20)33(35)36/h1-3,5-6,9-16,26H,4,7-8,17H2,(H,29,30,31). The third kappa shape index (κ3) is 4.35. The van der Waals surface area contributed by atoms with E-state index in [2.05, 4.69) is 10.3 Å².